The summed E-state index contributed by atoms with van der Waals surface area (Å²) in [7, 11) is -0.764. The molecule has 0 aliphatic heterocycles. The average molecular weight is 1740 g/mol. The summed E-state index contributed by atoms with van der Waals surface area (Å²) in [6.07, 6.45) is 16.8. The molecule has 18 rings (SSSR count). The van der Waals surface area contributed by atoms with Crippen molar-refractivity contribution in [3.05, 3.63) is 352 Å². The van der Waals surface area contributed by atoms with E-state index in [0.29, 0.717) is 45.4 Å². The minimum atomic E-state index is -0.641. The van der Waals surface area contributed by atoms with E-state index in [4.69, 9.17) is 37.9 Å². The summed E-state index contributed by atoms with van der Waals surface area (Å²) in [6, 6.07) is 116. The smallest absolute Gasteiger partial charge is 0.349 e. The molecule has 0 amide bonds. The Hall–Kier alpha value is -11.5. The fourth-order valence-corrected chi connectivity index (χ4v) is 25.6. The van der Waals surface area contributed by atoms with Gasteiger partial charge in [0, 0.05) is 5.57 Å². The first-order valence-electron chi connectivity index (χ1n) is 43.6. The zero-order chi connectivity index (χ0) is 86.2. The van der Waals surface area contributed by atoms with Crippen LogP contribution < -0.4 is 18.9 Å². The van der Waals surface area contributed by atoms with Crippen molar-refractivity contribution in [2.75, 3.05) is 46.2 Å². The predicted molar refractivity (Wildman–Crippen MR) is 496 cm³/mol. The highest BCUT2D eigenvalue weighted by Crippen LogP contribution is 2.60. The predicted octanol–water partition coefficient (Wildman–Crippen LogP) is 23.9. The molecule has 0 N–H and O–H groups in total. The third-order valence-corrected chi connectivity index (χ3v) is 31.8. The number of carbonyl (C=O) groups excluding carboxylic acids is 5. The molecule has 125 heavy (non-hydrogen) atoms. The molecule has 0 aromatic heterocycles. The van der Waals surface area contributed by atoms with Gasteiger partial charge in [0.05, 0.1) is 60.8 Å². The van der Waals surface area contributed by atoms with Crippen LogP contribution in [-0.4, -0.2) is 76.1 Å². The number of carbonyl (C=O) groups is 5. The van der Waals surface area contributed by atoms with Gasteiger partial charge in [-0.15, -0.1) is 0 Å². The van der Waals surface area contributed by atoms with Gasteiger partial charge in [-0.3, -0.25) is 14.4 Å². The van der Waals surface area contributed by atoms with Crippen LogP contribution in [0.1, 0.15) is 103 Å². The van der Waals surface area contributed by atoms with E-state index in [2.05, 4.69) is 225 Å². The van der Waals surface area contributed by atoms with E-state index in [1.807, 2.05) is 109 Å². The van der Waals surface area contributed by atoms with Crippen molar-refractivity contribution in [2.45, 2.75) is 162 Å². The van der Waals surface area contributed by atoms with Crippen LogP contribution in [0.3, 0.4) is 0 Å². The molecule has 6 aliphatic rings. The van der Waals surface area contributed by atoms with Crippen molar-refractivity contribution < 1.29 is 61.9 Å². The van der Waals surface area contributed by atoms with Crippen LogP contribution in [0.25, 0.3) is 0 Å². The fraction of sp³-hybridized carbons (Fsp3) is 0.269. The van der Waals surface area contributed by atoms with Crippen molar-refractivity contribution in [3.63, 3.8) is 0 Å². The second-order valence-electron chi connectivity index (χ2n) is 32.0. The zero-order valence-electron chi connectivity index (χ0n) is 70.9. The average Bonchev–Trinajstić information content (AvgIpc) is 1.24. The van der Waals surface area contributed by atoms with Gasteiger partial charge in [0.15, 0.2) is 65.4 Å². The second-order valence-corrected chi connectivity index (χ2v) is 40.1. The highest BCUT2D eigenvalue weighted by Gasteiger charge is 2.55. The maximum absolute atomic E-state index is 13.0. The lowest BCUT2D eigenvalue weighted by Gasteiger charge is -2.55. The van der Waals surface area contributed by atoms with Crippen LogP contribution in [0.5, 0.6) is 23.0 Å². The van der Waals surface area contributed by atoms with Crippen molar-refractivity contribution in [3.8, 4) is 23.0 Å². The quantitative estimate of drug-likeness (QED) is 0.0101. The minimum Gasteiger partial charge on any atom is -0.490 e. The van der Waals surface area contributed by atoms with Gasteiger partial charge in [-0.1, -0.05) is 184 Å². The Morgan fingerprint density at radius 2 is 0.536 bits per heavy atom. The Morgan fingerprint density at radius 1 is 0.296 bits per heavy atom. The summed E-state index contributed by atoms with van der Waals surface area (Å²) in [5.41, 5.74) is 0.0392. The lowest BCUT2D eigenvalue weighted by atomic mass is 9.49. The Kier molecular flexibility index (Phi) is 33.4. The van der Waals surface area contributed by atoms with Crippen LogP contribution in [0, 0.1) is 35.0 Å². The molecule has 6 saturated carbocycles. The Labute approximate surface area is 748 Å². The van der Waals surface area contributed by atoms with Gasteiger partial charge >= 0.3 is 29.8 Å². The molecular weight excluding hydrogens is 1630 g/mol. The first-order chi connectivity index (χ1) is 61.3. The number of esters is 5. The molecule has 0 heterocycles. The number of rotatable bonds is 31. The molecule has 17 heteroatoms. The van der Waals surface area contributed by atoms with Crippen molar-refractivity contribution in [1.29, 1.82) is 0 Å². The molecule has 0 spiro atoms. The van der Waals surface area contributed by atoms with E-state index in [1.165, 1.54) is 86.5 Å². The van der Waals surface area contributed by atoms with Gasteiger partial charge in [0.1, 0.15) is 62.6 Å². The number of hydrogen-bond acceptors (Lipinski definition) is 13. The van der Waals surface area contributed by atoms with E-state index < -0.39 is 18.5 Å². The van der Waals surface area contributed by atoms with Crippen LogP contribution in [0.2, 0.25) is 0 Å². The van der Waals surface area contributed by atoms with E-state index in [1.54, 1.807) is 12.1 Å². The van der Waals surface area contributed by atoms with Crippen molar-refractivity contribution >= 4 is 73.4 Å². The van der Waals surface area contributed by atoms with Gasteiger partial charge in [-0.2, -0.15) is 0 Å². The van der Waals surface area contributed by atoms with E-state index in [-0.39, 0.29) is 84.3 Å². The SMILES string of the molecule is C=C(C)C(=O)OCC(=O)Oc1ccc([S+](c2ccccc2)c2ccccc2)cc1.O=C(OCCOc1ccc([S+](c2ccccc2)c2ccccc2)cc1)C12CC3CC(CC(C3)C1)C2.O=C(OCCOc1ccc([S+](c2ccccc2)c2ccccc2)cc1)C1CCCC1.O=C(OCCOc1ccc([S+](c2ccccc2)c2ccccc2)cc1)C1CCCCC1. The fourth-order valence-electron chi connectivity index (χ4n) is 17.3. The summed E-state index contributed by atoms with van der Waals surface area (Å²) in [5, 5.41) is 0. The normalized spacial score (nSPS) is 16.8. The van der Waals surface area contributed by atoms with E-state index in [0.717, 1.165) is 111 Å². The number of benzene rings is 12. The van der Waals surface area contributed by atoms with Crippen molar-refractivity contribution in [1.82, 2.24) is 0 Å². The molecule has 6 fully saturated rings. The molecule has 4 bridgehead atoms. The van der Waals surface area contributed by atoms with Crippen LogP contribution in [0.4, 0.5) is 0 Å². The summed E-state index contributed by atoms with van der Waals surface area (Å²) < 4.78 is 44.2. The summed E-state index contributed by atoms with van der Waals surface area (Å²) in [4.78, 5) is 75.3. The molecule has 13 nitrogen and oxygen atoms in total. The molecule has 0 unspecified atom stereocenters. The third-order valence-electron chi connectivity index (χ3n) is 22.8. The summed E-state index contributed by atoms with van der Waals surface area (Å²) in [5.74, 6) is 3.87. The highest BCUT2D eigenvalue weighted by molar-refractivity contribution is 7.98. The molecule has 640 valence electrons. The first-order valence-corrected chi connectivity index (χ1v) is 48.5. The number of hydrogen-bond donors (Lipinski definition) is 0. The Balaban J connectivity index is 0.000000136. The van der Waals surface area contributed by atoms with Crippen LogP contribution in [-0.2, 0) is 86.5 Å². The third kappa shape index (κ3) is 25.9. The highest BCUT2D eigenvalue weighted by atomic mass is 32.2. The van der Waals surface area contributed by atoms with Gasteiger partial charge in [0.2, 0.25) is 0 Å². The van der Waals surface area contributed by atoms with E-state index >= 15 is 0 Å². The van der Waals surface area contributed by atoms with Gasteiger partial charge in [-0.05, 0) is 283 Å². The maximum Gasteiger partial charge on any atom is 0.349 e. The van der Waals surface area contributed by atoms with Gasteiger partial charge < -0.3 is 37.9 Å². The molecule has 0 radical (unpaired) electrons. The molecule has 12 aromatic rings. The standard InChI is InChI=1S/C31H33O3S.C27H29O3S.C26H27O3S.C24H21O4S/c32-30(31-20-23-17-24(21-31)19-25(18-23)22-31)34-16-15-33-26-11-13-29(14-12-26)35(27-7-3-1-4-8-27)28-9-5-2-6-10-28;28-27(22-10-4-1-5-11-22)30-21-20-29-23-16-18-26(19-17-23)31(24-12-6-2-7-13-24)25-14-8-3-9-15-25;27-26(21-9-7-8-10-21)29-20-19-28-22-15-17-25(18-16-22)30(23-11-3-1-4-12-23)24-13-5-2-6-14-24;1-18(2)24(26)27-17-23(25)28-19-13-15-22(16-14-19)29(20-9-5-3-6-10-20)21-11-7-4-8-12-21/h1-14,23-25H,15-22H2;2-3,6-9,12-19,22H,1,4-5,10-11,20-21H2;1-6,11-18,21H,7-10,19-20H2;3-16H,1,17H2,2H3/q4*+1. The topological polar surface area (TPSA) is 159 Å². The van der Waals surface area contributed by atoms with E-state index in [9.17, 15) is 24.0 Å². The molecule has 0 atom stereocenters. The zero-order valence-corrected chi connectivity index (χ0v) is 74.2. The molecule has 6 aliphatic carbocycles. The lowest BCUT2D eigenvalue weighted by molar-refractivity contribution is -0.172. The largest absolute Gasteiger partial charge is 0.490 e. The summed E-state index contributed by atoms with van der Waals surface area (Å²) >= 11 is 0. The monoisotopic (exact) mass is 1740 g/mol. The molecular formula is C108H110O13S4+4. The minimum absolute atomic E-state index is 0.0327. The maximum atomic E-state index is 13.0. The molecule has 12 aromatic carbocycles. The molecule has 0 saturated heterocycles. The van der Waals surface area contributed by atoms with Crippen molar-refractivity contribution in [2.24, 2.45) is 35.0 Å². The van der Waals surface area contributed by atoms with Gasteiger partial charge in [-0.25, -0.2) is 9.59 Å². The van der Waals surface area contributed by atoms with Gasteiger partial charge in [0.25, 0.3) is 0 Å². The Morgan fingerprint density at radius 3 is 0.800 bits per heavy atom. The number of ether oxygens (including phenoxy) is 8. The van der Waals surface area contributed by atoms with Crippen LogP contribution >= 0.6 is 0 Å². The van der Waals surface area contributed by atoms with Crippen LogP contribution in [0.15, 0.2) is 411 Å². The second kappa shape index (κ2) is 46.5. The first kappa shape index (κ1) is 89.8. The summed E-state index contributed by atoms with van der Waals surface area (Å²) in [6.45, 7) is 6.60. The Bertz CT molecular complexity index is 5130. The lowest BCUT2D eigenvalue weighted by Crippen LogP contribution is -2.50.